The van der Waals surface area contributed by atoms with E-state index in [4.69, 9.17) is 0 Å². The van der Waals surface area contributed by atoms with Crippen LogP contribution < -0.4 is 9.62 Å². The third-order valence-electron chi connectivity index (χ3n) is 6.21. The normalized spacial score (nSPS) is 13.0. The van der Waals surface area contributed by atoms with Gasteiger partial charge in [0.2, 0.25) is 21.8 Å². The fourth-order valence-electron chi connectivity index (χ4n) is 3.98. The number of amides is 2. The third kappa shape index (κ3) is 9.10. The van der Waals surface area contributed by atoms with E-state index in [1.807, 2.05) is 51.1 Å². The molecule has 7 nitrogen and oxygen atoms in total. The summed E-state index contributed by atoms with van der Waals surface area (Å²) in [5.41, 5.74) is 1.01. The van der Waals surface area contributed by atoms with Gasteiger partial charge in [-0.3, -0.25) is 13.9 Å². The fourth-order valence-corrected chi connectivity index (χ4v) is 4.94. The van der Waals surface area contributed by atoms with Crippen molar-refractivity contribution in [3.8, 4) is 0 Å². The first-order valence-electron chi connectivity index (χ1n) is 12.5. The van der Waals surface area contributed by atoms with Crippen LogP contribution >= 0.6 is 0 Å². The van der Waals surface area contributed by atoms with Crippen LogP contribution in [-0.2, 0) is 26.0 Å². The summed E-state index contributed by atoms with van der Waals surface area (Å²) in [6.45, 7) is 5.94. The van der Waals surface area contributed by atoms with Gasteiger partial charge in [-0.25, -0.2) is 17.2 Å². The molecule has 0 aliphatic heterocycles. The number of carbonyl (C=O) groups is 2. The number of benzene rings is 2. The average Bonchev–Trinajstić information content (AvgIpc) is 2.85. The highest BCUT2D eigenvalue weighted by atomic mass is 32.2. The monoisotopic (exact) mass is 537 g/mol. The molecule has 0 bridgehead atoms. The van der Waals surface area contributed by atoms with E-state index in [0.717, 1.165) is 34.7 Å². The third-order valence-corrected chi connectivity index (χ3v) is 7.41. The second kappa shape index (κ2) is 14.1. The van der Waals surface area contributed by atoms with Crippen molar-refractivity contribution >= 4 is 27.5 Å². The summed E-state index contributed by atoms with van der Waals surface area (Å²) in [4.78, 5) is 27.9. The first-order chi connectivity index (χ1) is 17.5. The summed E-state index contributed by atoms with van der Waals surface area (Å²) in [5.74, 6) is -2.74. The topological polar surface area (TPSA) is 86.8 Å². The Labute approximate surface area is 218 Å². The Bertz CT molecular complexity index is 1150. The molecule has 0 saturated carbocycles. The number of hydrogen-bond acceptors (Lipinski definition) is 4. The zero-order valence-electron chi connectivity index (χ0n) is 21.9. The van der Waals surface area contributed by atoms with Crippen molar-refractivity contribution in [2.24, 2.45) is 0 Å². The molecule has 0 heterocycles. The maximum atomic E-state index is 13.7. The van der Waals surface area contributed by atoms with Crippen molar-refractivity contribution in [2.45, 2.75) is 65.0 Å². The summed E-state index contributed by atoms with van der Waals surface area (Å²) in [6, 6.07) is 11.8. The number of carbonyl (C=O) groups excluding carboxylic acids is 2. The van der Waals surface area contributed by atoms with Crippen LogP contribution in [0, 0.1) is 11.6 Å². The van der Waals surface area contributed by atoms with Crippen molar-refractivity contribution < 1.29 is 26.8 Å². The lowest BCUT2D eigenvalue weighted by molar-refractivity contribution is -0.141. The average molecular weight is 538 g/mol. The highest BCUT2D eigenvalue weighted by molar-refractivity contribution is 7.92. The molecule has 10 heteroatoms. The number of hydrogen-bond donors (Lipinski definition) is 1. The molecule has 0 radical (unpaired) electrons. The first kappa shape index (κ1) is 30.2. The minimum absolute atomic E-state index is 0.0163. The van der Waals surface area contributed by atoms with Gasteiger partial charge in [0.05, 0.1) is 11.9 Å². The molecule has 0 spiro atoms. The summed E-state index contributed by atoms with van der Waals surface area (Å²) in [6.07, 6.45) is 2.82. The molecule has 204 valence electrons. The lowest BCUT2D eigenvalue weighted by Crippen LogP contribution is -2.51. The van der Waals surface area contributed by atoms with E-state index < -0.39 is 27.7 Å². The highest BCUT2D eigenvalue weighted by Gasteiger charge is 2.29. The van der Waals surface area contributed by atoms with E-state index >= 15 is 0 Å². The number of nitrogens with one attached hydrogen (secondary N) is 1. The minimum Gasteiger partial charge on any atom is -0.352 e. The van der Waals surface area contributed by atoms with Crippen molar-refractivity contribution in [2.75, 3.05) is 23.7 Å². The maximum absolute atomic E-state index is 13.7. The molecule has 0 aromatic heterocycles. The van der Waals surface area contributed by atoms with E-state index in [0.29, 0.717) is 19.4 Å². The Morgan fingerprint density at radius 1 is 0.973 bits per heavy atom. The molecule has 37 heavy (non-hydrogen) atoms. The lowest BCUT2D eigenvalue weighted by Gasteiger charge is -2.32. The van der Waals surface area contributed by atoms with Gasteiger partial charge in [0.1, 0.15) is 6.04 Å². The smallest absolute Gasteiger partial charge is 0.243 e. The molecule has 2 aromatic rings. The van der Waals surface area contributed by atoms with Crippen LogP contribution in [0.25, 0.3) is 0 Å². The Morgan fingerprint density at radius 2 is 1.65 bits per heavy atom. The molecule has 0 fully saturated rings. The molecule has 1 N–H and O–H groups in total. The summed E-state index contributed by atoms with van der Waals surface area (Å²) in [7, 11) is -3.81. The number of nitrogens with zero attached hydrogens (tertiary/aromatic N) is 2. The van der Waals surface area contributed by atoms with Gasteiger partial charge in [0, 0.05) is 31.6 Å². The van der Waals surface area contributed by atoms with E-state index in [1.54, 1.807) is 4.90 Å². The molecular formula is C27H37F2N3O4S. The molecular weight excluding hydrogens is 500 g/mol. The van der Waals surface area contributed by atoms with Crippen molar-refractivity contribution in [3.05, 3.63) is 65.7 Å². The Balaban J connectivity index is 2.18. The number of rotatable bonds is 14. The number of sulfonamides is 1. The predicted molar refractivity (Wildman–Crippen MR) is 142 cm³/mol. The zero-order chi connectivity index (χ0) is 27.6. The molecule has 2 atom stereocenters. The van der Waals surface area contributed by atoms with E-state index in [-0.39, 0.29) is 42.9 Å². The molecule has 0 unspecified atom stereocenters. The van der Waals surface area contributed by atoms with Crippen LogP contribution in [0.5, 0.6) is 0 Å². The maximum Gasteiger partial charge on any atom is 0.243 e. The molecule has 2 amide bonds. The Kier molecular flexibility index (Phi) is 11.5. The van der Waals surface area contributed by atoms with Crippen molar-refractivity contribution in [1.29, 1.82) is 0 Å². The minimum atomic E-state index is -3.81. The van der Waals surface area contributed by atoms with Gasteiger partial charge in [-0.1, -0.05) is 44.2 Å². The van der Waals surface area contributed by atoms with Gasteiger partial charge in [-0.2, -0.15) is 0 Å². The zero-order valence-corrected chi connectivity index (χ0v) is 22.7. The van der Waals surface area contributed by atoms with Gasteiger partial charge in [0.25, 0.3) is 0 Å². The first-order valence-corrected chi connectivity index (χ1v) is 14.4. The summed E-state index contributed by atoms with van der Waals surface area (Å²) < 4.78 is 52.7. The molecule has 2 aromatic carbocycles. The van der Waals surface area contributed by atoms with Crippen molar-refractivity contribution in [1.82, 2.24) is 10.2 Å². The van der Waals surface area contributed by atoms with Crippen LogP contribution in [0.2, 0.25) is 0 Å². The lowest BCUT2D eigenvalue weighted by atomic mass is 10.1. The number of anilines is 1. The summed E-state index contributed by atoms with van der Waals surface area (Å²) >= 11 is 0. The second-order valence-electron chi connectivity index (χ2n) is 9.10. The van der Waals surface area contributed by atoms with Crippen LogP contribution in [-0.4, -0.2) is 56.6 Å². The quantitative estimate of drug-likeness (QED) is 0.390. The van der Waals surface area contributed by atoms with Crippen LogP contribution in [0.3, 0.4) is 0 Å². The van der Waals surface area contributed by atoms with Gasteiger partial charge in [-0.05, 0) is 50.3 Å². The largest absolute Gasteiger partial charge is 0.352 e. The molecule has 0 saturated heterocycles. The van der Waals surface area contributed by atoms with E-state index in [2.05, 4.69) is 5.32 Å². The number of halogens is 2. The molecule has 0 aliphatic rings. The summed E-state index contributed by atoms with van der Waals surface area (Å²) in [5, 5.41) is 2.95. The van der Waals surface area contributed by atoms with Gasteiger partial charge < -0.3 is 10.2 Å². The second-order valence-corrected chi connectivity index (χ2v) is 11.0. The van der Waals surface area contributed by atoms with Crippen molar-refractivity contribution in [3.63, 3.8) is 0 Å². The van der Waals surface area contributed by atoms with Crippen LogP contribution in [0.4, 0.5) is 14.5 Å². The van der Waals surface area contributed by atoms with Gasteiger partial charge >= 0.3 is 0 Å². The highest BCUT2D eigenvalue weighted by Crippen LogP contribution is 2.21. The van der Waals surface area contributed by atoms with Crippen LogP contribution in [0.15, 0.2) is 48.5 Å². The van der Waals surface area contributed by atoms with E-state index in [9.17, 15) is 26.8 Å². The Hall–Kier alpha value is -3.01. The standard InChI is InChI=1S/C27H37F2N3O4S/c1-5-20(3)30-27(34)25(6-2)31(18-16-21-11-8-7-9-12-21)26(33)13-10-17-32(37(4,35)36)22-14-15-23(28)24(29)19-22/h7-9,11-12,14-15,19-20,25H,5-6,10,13,16-18H2,1-4H3,(H,30,34)/t20-,25+/m1/s1. The van der Waals surface area contributed by atoms with Crippen LogP contribution in [0.1, 0.15) is 52.0 Å². The van der Waals surface area contributed by atoms with Gasteiger partial charge in [0.15, 0.2) is 11.6 Å². The van der Waals surface area contributed by atoms with Gasteiger partial charge in [-0.15, -0.1) is 0 Å². The molecule has 2 rings (SSSR count). The molecule has 0 aliphatic carbocycles. The SMILES string of the molecule is CC[C@@H](C)NC(=O)[C@H](CC)N(CCc1ccccc1)C(=O)CCCN(c1ccc(F)c(F)c1)S(C)(=O)=O. The fraction of sp³-hybridized carbons (Fsp3) is 0.481. The van der Waals surface area contributed by atoms with E-state index in [1.165, 1.54) is 6.07 Å². The predicted octanol–water partition coefficient (Wildman–Crippen LogP) is 4.28. The Morgan fingerprint density at radius 3 is 2.22 bits per heavy atom.